The number of halogens is 1. The molecule has 8 heteroatoms. The summed E-state index contributed by atoms with van der Waals surface area (Å²) in [5.74, 6) is -1.54. The maximum Gasteiger partial charge on any atom is 0.372 e. The Balaban J connectivity index is 2.64. The predicted octanol–water partition coefficient (Wildman–Crippen LogP) is 1.65. The molecule has 0 radical (unpaired) electrons. The molecule has 20 heavy (non-hydrogen) atoms. The molecule has 0 aromatic heterocycles. The fourth-order valence-electron chi connectivity index (χ4n) is 1.37. The highest BCUT2D eigenvalue weighted by Gasteiger charge is 2.54. The van der Waals surface area contributed by atoms with Gasteiger partial charge in [0, 0.05) is 6.42 Å². The Hall–Kier alpha value is -1.53. The molecule has 1 aromatic rings. The SMILES string of the molecule is C=CCC(F)(C(=O)NOCc1ccccc1)P(=O)(O)O. The monoisotopic (exact) mass is 303 g/mol. The van der Waals surface area contributed by atoms with Gasteiger partial charge in [-0.3, -0.25) is 14.2 Å². The van der Waals surface area contributed by atoms with Crippen LogP contribution in [0.15, 0.2) is 43.0 Å². The number of benzene rings is 1. The number of nitrogens with one attached hydrogen (secondary N) is 1. The lowest BCUT2D eigenvalue weighted by atomic mass is 10.2. The van der Waals surface area contributed by atoms with E-state index < -0.39 is 25.3 Å². The first kappa shape index (κ1) is 16.5. The van der Waals surface area contributed by atoms with Gasteiger partial charge in [-0.25, -0.2) is 9.87 Å². The van der Waals surface area contributed by atoms with Crippen molar-refractivity contribution in [2.24, 2.45) is 0 Å². The topological polar surface area (TPSA) is 95.9 Å². The van der Waals surface area contributed by atoms with E-state index in [9.17, 15) is 13.8 Å². The number of allylic oxidation sites excluding steroid dienone is 1. The predicted molar refractivity (Wildman–Crippen MR) is 70.1 cm³/mol. The average Bonchev–Trinajstić information content (AvgIpc) is 2.38. The number of carbonyl (C=O) groups excluding carboxylic acids is 1. The summed E-state index contributed by atoms with van der Waals surface area (Å²) in [6.45, 7) is 3.11. The number of rotatable bonds is 7. The summed E-state index contributed by atoms with van der Waals surface area (Å²) in [4.78, 5) is 34.1. The van der Waals surface area contributed by atoms with Gasteiger partial charge in [-0.2, -0.15) is 0 Å². The van der Waals surface area contributed by atoms with Crippen molar-refractivity contribution in [3.05, 3.63) is 48.6 Å². The van der Waals surface area contributed by atoms with Crippen LogP contribution in [0.1, 0.15) is 12.0 Å². The van der Waals surface area contributed by atoms with Crippen LogP contribution in [-0.4, -0.2) is 21.1 Å². The summed E-state index contributed by atoms with van der Waals surface area (Å²) in [5, 5.41) is -3.38. The standard InChI is InChI=1S/C12H15FNO5P/c1-2-8-12(13,20(16,17)18)11(15)14-19-9-10-6-4-3-5-7-10/h2-7H,1,8-9H2,(H,14,15)(H2,16,17,18). The number of amides is 1. The third-order valence-electron chi connectivity index (χ3n) is 2.47. The number of hydrogen-bond acceptors (Lipinski definition) is 3. The molecule has 0 aliphatic rings. The van der Waals surface area contributed by atoms with E-state index in [2.05, 4.69) is 6.58 Å². The second kappa shape index (κ2) is 6.76. The largest absolute Gasteiger partial charge is 0.372 e. The van der Waals surface area contributed by atoms with Crippen LogP contribution in [0.5, 0.6) is 0 Å². The molecular weight excluding hydrogens is 288 g/mol. The molecule has 0 saturated carbocycles. The van der Waals surface area contributed by atoms with E-state index in [1.165, 1.54) is 0 Å². The first-order chi connectivity index (χ1) is 9.31. The molecule has 0 fully saturated rings. The third kappa shape index (κ3) is 3.98. The minimum atomic E-state index is -5.30. The zero-order valence-corrected chi connectivity index (χ0v) is 11.4. The Morgan fingerprint density at radius 3 is 2.55 bits per heavy atom. The minimum Gasteiger partial charge on any atom is -0.322 e. The fraction of sp³-hybridized carbons (Fsp3) is 0.250. The van der Waals surface area contributed by atoms with Crippen molar-refractivity contribution < 1.29 is 28.4 Å². The summed E-state index contributed by atoms with van der Waals surface area (Å²) >= 11 is 0. The lowest BCUT2D eigenvalue weighted by Crippen LogP contribution is -2.42. The molecule has 6 nitrogen and oxygen atoms in total. The van der Waals surface area contributed by atoms with E-state index in [1.54, 1.807) is 35.8 Å². The minimum absolute atomic E-state index is 0.0576. The molecule has 1 unspecified atom stereocenters. The van der Waals surface area contributed by atoms with E-state index >= 15 is 0 Å². The molecule has 1 atom stereocenters. The van der Waals surface area contributed by atoms with E-state index in [0.717, 1.165) is 6.08 Å². The van der Waals surface area contributed by atoms with Crippen LogP contribution in [0, 0.1) is 0 Å². The Labute approximate surface area is 115 Å². The Morgan fingerprint density at radius 2 is 2.05 bits per heavy atom. The van der Waals surface area contributed by atoms with Crippen molar-refractivity contribution in [2.45, 2.75) is 18.4 Å². The summed E-state index contributed by atoms with van der Waals surface area (Å²) in [6.07, 6.45) is 0.0909. The quantitative estimate of drug-likeness (QED) is 0.404. The number of alkyl halides is 1. The summed E-state index contributed by atoms with van der Waals surface area (Å²) < 4.78 is 25.2. The van der Waals surface area contributed by atoms with Gasteiger partial charge in [0.1, 0.15) is 0 Å². The van der Waals surface area contributed by atoms with Gasteiger partial charge in [0.15, 0.2) is 0 Å². The van der Waals surface area contributed by atoms with Crippen molar-refractivity contribution in [1.29, 1.82) is 0 Å². The zero-order valence-electron chi connectivity index (χ0n) is 10.5. The number of hydrogen-bond donors (Lipinski definition) is 3. The highest BCUT2D eigenvalue weighted by Crippen LogP contribution is 2.53. The van der Waals surface area contributed by atoms with Gasteiger partial charge < -0.3 is 9.79 Å². The molecule has 1 amide bonds. The molecule has 0 aliphatic heterocycles. The molecule has 0 aliphatic carbocycles. The number of carbonyl (C=O) groups is 1. The number of hydroxylamine groups is 1. The van der Waals surface area contributed by atoms with Crippen LogP contribution in [-0.2, 0) is 20.8 Å². The highest BCUT2D eigenvalue weighted by atomic mass is 31.2. The first-order valence-corrected chi connectivity index (χ1v) is 7.24. The fourth-order valence-corrected chi connectivity index (χ4v) is 2.05. The van der Waals surface area contributed by atoms with Crippen LogP contribution in [0.2, 0.25) is 0 Å². The third-order valence-corrected chi connectivity index (χ3v) is 3.78. The molecule has 1 rings (SSSR count). The molecular formula is C12H15FNO5P. The van der Waals surface area contributed by atoms with Gasteiger partial charge in [0.25, 0.3) is 11.3 Å². The van der Waals surface area contributed by atoms with E-state index in [1.807, 2.05) is 0 Å². The van der Waals surface area contributed by atoms with Crippen LogP contribution >= 0.6 is 7.60 Å². The average molecular weight is 303 g/mol. The lowest BCUT2D eigenvalue weighted by Gasteiger charge is -2.23. The summed E-state index contributed by atoms with van der Waals surface area (Å²) in [7, 11) is -5.30. The maximum absolute atomic E-state index is 14.1. The van der Waals surface area contributed by atoms with E-state index in [0.29, 0.717) is 5.56 Å². The van der Waals surface area contributed by atoms with Crippen molar-refractivity contribution in [1.82, 2.24) is 5.48 Å². The lowest BCUT2D eigenvalue weighted by molar-refractivity contribution is -0.142. The molecule has 110 valence electrons. The van der Waals surface area contributed by atoms with Crippen molar-refractivity contribution >= 4 is 13.5 Å². The van der Waals surface area contributed by atoms with Gasteiger partial charge in [0.2, 0.25) is 0 Å². The Bertz CT molecular complexity index is 518. The van der Waals surface area contributed by atoms with Gasteiger partial charge in [-0.15, -0.1) is 6.58 Å². The molecule has 0 heterocycles. The smallest absolute Gasteiger partial charge is 0.322 e. The van der Waals surface area contributed by atoms with Gasteiger partial charge in [0.05, 0.1) is 6.61 Å². The molecule has 0 bridgehead atoms. The van der Waals surface area contributed by atoms with E-state index in [4.69, 9.17) is 14.6 Å². The second-order valence-electron chi connectivity index (χ2n) is 4.00. The Morgan fingerprint density at radius 1 is 1.45 bits per heavy atom. The van der Waals surface area contributed by atoms with Crippen LogP contribution < -0.4 is 5.48 Å². The van der Waals surface area contributed by atoms with Crippen LogP contribution in [0.3, 0.4) is 0 Å². The van der Waals surface area contributed by atoms with Crippen molar-refractivity contribution in [2.75, 3.05) is 0 Å². The van der Waals surface area contributed by atoms with Gasteiger partial charge in [-0.05, 0) is 5.56 Å². The van der Waals surface area contributed by atoms with Crippen LogP contribution in [0.4, 0.5) is 4.39 Å². The first-order valence-electron chi connectivity index (χ1n) is 5.63. The molecule has 0 spiro atoms. The normalized spacial score (nSPS) is 14.3. The van der Waals surface area contributed by atoms with Crippen molar-refractivity contribution in [3.8, 4) is 0 Å². The second-order valence-corrected chi connectivity index (χ2v) is 5.80. The molecule has 3 N–H and O–H groups in total. The summed E-state index contributed by atoms with van der Waals surface area (Å²) in [5.41, 5.74) is 2.41. The van der Waals surface area contributed by atoms with Crippen LogP contribution in [0.25, 0.3) is 0 Å². The maximum atomic E-state index is 14.1. The van der Waals surface area contributed by atoms with Gasteiger partial charge >= 0.3 is 7.60 Å². The van der Waals surface area contributed by atoms with E-state index in [-0.39, 0.29) is 6.61 Å². The molecule has 0 saturated heterocycles. The molecule has 1 aromatic carbocycles. The summed E-state index contributed by atoms with van der Waals surface area (Å²) in [6, 6.07) is 8.69. The van der Waals surface area contributed by atoms with Gasteiger partial charge in [-0.1, -0.05) is 36.4 Å². The van der Waals surface area contributed by atoms with Crippen molar-refractivity contribution in [3.63, 3.8) is 0 Å². The zero-order chi connectivity index (χ0) is 15.2. The highest BCUT2D eigenvalue weighted by molar-refractivity contribution is 7.54. The Kier molecular flexibility index (Phi) is 5.59.